The lowest BCUT2D eigenvalue weighted by molar-refractivity contribution is 0.293. The SMILES string of the molecule is CCCCc1c(-c2cccc(C)c2)nn(C(C)(C)C)c1O. The van der Waals surface area contributed by atoms with Crippen LogP contribution in [0.15, 0.2) is 24.3 Å². The molecule has 0 saturated heterocycles. The fraction of sp³-hybridized carbons (Fsp3) is 0.500. The third-order valence-corrected chi connectivity index (χ3v) is 3.66. The van der Waals surface area contributed by atoms with E-state index in [0.717, 1.165) is 36.1 Å². The molecule has 21 heavy (non-hydrogen) atoms. The maximum Gasteiger partial charge on any atom is 0.213 e. The van der Waals surface area contributed by atoms with Crippen LogP contribution < -0.4 is 0 Å². The van der Waals surface area contributed by atoms with Gasteiger partial charge in [0, 0.05) is 11.1 Å². The summed E-state index contributed by atoms with van der Waals surface area (Å²) in [6, 6.07) is 8.32. The lowest BCUT2D eigenvalue weighted by Gasteiger charge is -2.20. The molecule has 2 aromatic rings. The van der Waals surface area contributed by atoms with Crippen molar-refractivity contribution in [1.29, 1.82) is 0 Å². The number of nitrogens with zero attached hydrogens (tertiary/aromatic N) is 2. The molecule has 0 saturated carbocycles. The van der Waals surface area contributed by atoms with Gasteiger partial charge in [0.25, 0.3) is 0 Å². The standard InChI is InChI=1S/C18H26N2O/c1-6-7-11-15-16(14-10-8-9-13(2)12-14)19-20(17(15)21)18(3,4)5/h8-10,12,21H,6-7,11H2,1-5H3. The smallest absolute Gasteiger partial charge is 0.213 e. The van der Waals surface area contributed by atoms with E-state index in [1.807, 2.05) is 6.07 Å². The van der Waals surface area contributed by atoms with Crippen molar-refractivity contribution in [2.45, 2.75) is 59.4 Å². The molecule has 1 aromatic heterocycles. The zero-order chi connectivity index (χ0) is 15.6. The average molecular weight is 286 g/mol. The first-order valence-corrected chi connectivity index (χ1v) is 7.73. The van der Waals surface area contributed by atoms with E-state index in [-0.39, 0.29) is 5.54 Å². The summed E-state index contributed by atoms with van der Waals surface area (Å²) in [4.78, 5) is 0. The van der Waals surface area contributed by atoms with Gasteiger partial charge in [-0.25, -0.2) is 4.68 Å². The molecule has 0 bridgehead atoms. The minimum absolute atomic E-state index is 0.229. The normalized spacial score (nSPS) is 11.9. The van der Waals surface area contributed by atoms with E-state index in [0.29, 0.717) is 5.88 Å². The van der Waals surface area contributed by atoms with Gasteiger partial charge >= 0.3 is 0 Å². The Morgan fingerprint density at radius 1 is 1.24 bits per heavy atom. The van der Waals surface area contributed by atoms with Crippen LogP contribution in [0.1, 0.15) is 51.7 Å². The molecule has 1 N–H and O–H groups in total. The first kappa shape index (κ1) is 15.6. The van der Waals surface area contributed by atoms with E-state index in [4.69, 9.17) is 5.10 Å². The minimum Gasteiger partial charge on any atom is -0.493 e. The monoisotopic (exact) mass is 286 g/mol. The molecule has 0 aliphatic carbocycles. The summed E-state index contributed by atoms with van der Waals surface area (Å²) in [6.07, 6.45) is 3.03. The van der Waals surface area contributed by atoms with Crippen LogP contribution in [0.5, 0.6) is 5.88 Å². The highest BCUT2D eigenvalue weighted by Crippen LogP contribution is 2.34. The van der Waals surface area contributed by atoms with E-state index < -0.39 is 0 Å². The van der Waals surface area contributed by atoms with E-state index in [2.05, 4.69) is 52.8 Å². The maximum absolute atomic E-state index is 10.6. The third-order valence-electron chi connectivity index (χ3n) is 3.66. The molecule has 3 nitrogen and oxygen atoms in total. The second-order valence-corrected chi connectivity index (χ2v) is 6.71. The zero-order valence-corrected chi connectivity index (χ0v) is 13.8. The lowest BCUT2D eigenvalue weighted by Crippen LogP contribution is -2.22. The highest BCUT2D eigenvalue weighted by Gasteiger charge is 2.25. The Hall–Kier alpha value is -1.77. The van der Waals surface area contributed by atoms with Crippen LogP contribution in [0.3, 0.4) is 0 Å². The Morgan fingerprint density at radius 2 is 1.95 bits per heavy atom. The fourth-order valence-corrected chi connectivity index (χ4v) is 2.52. The molecule has 114 valence electrons. The van der Waals surface area contributed by atoms with Crippen LogP contribution in [0.25, 0.3) is 11.3 Å². The largest absolute Gasteiger partial charge is 0.493 e. The first-order valence-electron chi connectivity index (χ1n) is 7.73. The van der Waals surface area contributed by atoms with Crippen molar-refractivity contribution in [3.05, 3.63) is 35.4 Å². The van der Waals surface area contributed by atoms with Crippen molar-refractivity contribution in [3.8, 4) is 17.1 Å². The molecule has 0 spiro atoms. The molecule has 1 aromatic carbocycles. The quantitative estimate of drug-likeness (QED) is 0.887. The van der Waals surface area contributed by atoms with Crippen LogP contribution >= 0.6 is 0 Å². The van der Waals surface area contributed by atoms with Gasteiger partial charge in [-0.3, -0.25) is 0 Å². The number of aryl methyl sites for hydroxylation is 1. The van der Waals surface area contributed by atoms with Crippen LogP contribution in [0, 0.1) is 6.92 Å². The first-order chi connectivity index (χ1) is 9.84. The molecule has 2 rings (SSSR count). The average Bonchev–Trinajstić information content (AvgIpc) is 2.73. The van der Waals surface area contributed by atoms with Gasteiger partial charge in [-0.1, -0.05) is 37.1 Å². The predicted molar refractivity (Wildman–Crippen MR) is 87.7 cm³/mol. The summed E-state index contributed by atoms with van der Waals surface area (Å²) < 4.78 is 1.75. The summed E-state index contributed by atoms with van der Waals surface area (Å²) in [5, 5.41) is 15.3. The molecule has 0 aliphatic rings. The number of unbranched alkanes of at least 4 members (excludes halogenated alkanes) is 1. The molecule has 0 atom stereocenters. The number of hydrogen-bond donors (Lipinski definition) is 1. The van der Waals surface area contributed by atoms with Crippen molar-refractivity contribution in [2.75, 3.05) is 0 Å². The summed E-state index contributed by atoms with van der Waals surface area (Å²) in [7, 11) is 0. The van der Waals surface area contributed by atoms with Crippen LogP contribution in [0.2, 0.25) is 0 Å². The number of benzene rings is 1. The Labute approximate surface area is 127 Å². The second kappa shape index (κ2) is 5.92. The third kappa shape index (κ3) is 3.29. The van der Waals surface area contributed by atoms with Gasteiger partial charge in [0.15, 0.2) is 0 Å². The van der Waals surface area contributed by atoms with Gasteiger partial charge in [0.2, 0.25) is 5.88 Å². The Bertz CT molecular complexity index is 621. The summed E-state index contributed by atoms with van der Waals surface area (Å²) in [5.74, 6) is 0.312. The van der Waals surface area contributed by atoms with Crippen molar-refractivity contribution in [1.82, 2.24) is 9.78 Å². The Balaban J connectivity index is 2.58. The highest BCUT2D eigenvalue weighted by atomic mass is 16.3. The number of aromatic hydroxyl groups is 1. The Kier molecular flexibility index (Phi) is 4.40. The number of rotatable bonds is 4. The zero-order valence-electron chi connectivity index (χ0n) is 13.8. The van der Waals surface area contributed by atoms with Crippen molar-refractivity contribution >= 4 is 0 Å². The molecule has 0 amide bonds. The molecule has 0 unspecified atom stereocenters. The lowest BCUT2D eigenvalue weighted by atomic mass is 10.0. The number of aromatic nitrogens is 2. The van der Waals surface area contributed by atoms with Gasteiger partial charge < -0.3 is 5.11 Å². The van der Waals surface area contributed by atoms with Gasteiger partial charge in [0.05, 0.1) is 11.2 Å². The predicted octanol–water partition coefficient (Wildman–Crippen LogP) is 4.66. The Morgan fingerprint density at radius 3 is 2.52 bits per heavy atom. The van der Waals surface area contributed by atoms with E-state index in [1.165, 1.54) is 5.56 Å². The molecular formula is C18H26N2O. The van der Waals surface area contributed by atoms with E-state index in [9.17, 15) is 5.11 Å². The van der Waals surface area contributed by atoms with Gasteiger partial charge in [0.1, 0.15) is 0 Å². The van der Waals surface area contributed by atoms with Gasteiger partial charge in [-0.2, -0.15) is 5.10 Å². The van der Waals surface area contributed by atoms with E-state index >= 15 is 0 Å². The maximum atomic E-state index is 10.6. The summed E-state index contributed by atoms with van der Waals surface area (Å²) in [5.41, 5.74) is 3.95. The summed E-state index contributed by atoms with van der Waals surface area (Å²) in [6.45, 7) is 10.4. The van der Waals surface area contributed by atoms with Crippen LogP contribution in [0.4, 0.5) is 0 Å². The molecule has 3 heteroatoms. The van der Waals surface area contributed by atoms with Crippen molar-refractivity contribution < 1.29 is 5.11 Å². The highest BCUT2D eigenvalue weighted by molar-refractivity contribution is 5.66. The molecule has 0 aliphatic heterocycles. The minimum atomic E-state index is -0.229. The van der Waals surface area contributed by atoms with Crippen LogP contribution in [-0.4, -0.2) is 14.9 Å². The van der Waals surface area contributed by atoms with Crippen molar-refractivity contribution in [3.63, 3.8) is 0 Å². The van der Waals surface area contributed by atoms with Gasteiger partial charge in [-0.15, -0.1) is 0 Å². The van der Waals surface area contributed by atoms with Gasteiger partial charge in [-0.05, 0) is 46.6 Å². The summed E-state index contributed by atoms with van der Waals surface area (Å²) >= 11 is 0. The molecular weight excluding hydrogens is 260 g/mol. The van der Waals surface area contributed by atoms with E-state index in [1.54, 1.807) is 4.68 Å². The molecule has 1 heterocycles. The molecule has 0 radical (unpaired) electrons. The topological polar surface area (TPSA) is 38.0 Å². The molecule has 0 fully saturated rings. The fourth-order valence-electron chi connectivity index (χ4n) is 2.52. The number of hydrogen-bond acceptors (Lipinski definition) is 2. The van der Waals surface area contributed by atoms with Crippen LogP contribution in [-0.2, 0) is 12.0 Å². The van der Waals surface area contributed by atoms with Crippen molar-refractivity contribution in [2.24, 2.45) is 0 Å². The second-order valence-electron chi connectivity index (χ2n) is 6.71.